The average molecular weight is 415 g/mol. The van der Waals surface area contributed by atoms with Crippen molar-refractivity contribution in [2.75, 3.05) is 16.8 Å². The molecule has 0 spiro atoms. The van der Waals surface area contributed by atoms with Crippen LogP contribution in [0.15, 0.2) is 41.3 Å². The number of nitrogens with zero attached hydrogens (tertiary/aromatic N) is 1. The van der Waals surface area contributed by atoms with E-state index in [1.54, 1.807) is 24.0 Å². The van der Waals surface area contributed by atoms with Crippen molar-refractivity contribution in [3.05, 3.63) is 53.1 Å². The number of fused-ring (bicyclic) bond motifs is 1. The molecule has 0 aromatic heterocycles. The molecule has 0 radical (unpaired) electrons. The third kappa shape index (κ3) is 4.34. The number of carbonyl (C=O) groups excluding carboxylic acids is 2. The first-order chi connectivity index (χ1) is 13.6. The second-order valence-corrected chi connectivity index (χ2v) is 10.0. The molecule has 1 unspecified atom stereocenters. The van der Waals surface area contributed by atoms with Gasteiger partial charge in [0.15, 0.2) is 9.84 Å². The van der Waals surface area contributed by atoms with Crippen LogP contribution in [0, 0.1) is 13.8 Å². The molecule has 0 aliphatic carbocycles. The fraction of sp³-hybridized carbons (Fsp3) is 0.364. The van der Waals surface area contributed by atoms with Gasteiger partial charge < -0.3 is 10.2 Å². The molecule has 0 saturated carbocycles. The minimum absolute atomic E-state index is 0.0594. The van der Waals surface area contributed by atoms with Crippen LogP contribution in [0.5, 0.6) is 0 Å². The Morgan fingerprint density at radius 3 is 2.52 bits per heavy atom. The molecule has 1 atom stereocenters. The second-order valence-electron chi connectivity index (χ2n) is 7.64. The largest absolute Gasteiger partial charge is 0.326 e. The van der Waals surface area contributed by atoms with Gasteiger partial charge in [0.1, 0.15) is 0 Å². The molecular weight excluding hydrogens is 388 g/mol. The lowest BCUT2D eigenvalue weighted by molar-refractivity contribution is -0.117. The number of rotatable bonds is 5. The summed E-state index contributed by atoms with van der Waals surface area (Å²) >= 11 is 0. The van der Waals surface area contributed by atoms with Gasteiger partial charge in [-0.1, -0.05) is 17.7 Å². The van der Waals surface area contributed by atoms with Gasteiger partial charge in [-0.15, -0.1) is 0 Å². The summed E-state index contributed by atoms with van der Waals surface area (Å²) in [6.07, 6.45) is 0.492. The summed E-state index contributed by atoms with van der Waals surface area (Å²) in [4.78, 5) is 25.9. The van der Waals surface area contributed by atoms with E-state index in [1.807, 2.05) is 32.0 Å². The third-order valence-electron chi connectivity index (χ3n) is 5.31. The number of hydrogen-bond donors (Lipinski definition) is 1. The van der Waals surface area contributed by atoms with Crippen LogP contribution in [0.1, 0.15) is 37.0 Å². The van der Waals surface area contributed by atoms with Crippen LogP contribution in [0.2, 0.25) is 0 Å². The Balaban J connectivity index is 1.74. The zero-order chi connectivity index (χ0) is 21.3. The van der Waals surface area contributed by atoms with Gasteiger partial charge in [0.2, 0.25) is 11.8 Å². The van der Waals surface area contributed by atoms with Crippen LogP contribution >= 0.6 is 0 Å². The lowest BCUT2D eigenvalue weighted by Gasteiger charge is -2.17. The molecule has 1 aliphatic rings. The molecule has 29 heavy (non-hydrogen) atoms. The van der Waals surface area contributed by atoms with E-state index < -0.39 is 15.1 Å². The van der Waals surface area contributed by atoms with Crippen LogP contribution in [0.25, 0.3) is 0 Å². The fourth-order valence-electron chi connectivity index (χ4n) is 3.64. The molecule has 1 aliphatic heterocycles. The maximum Gasteiger partial charge on any atom is 0.225 e. The van der Waals surface area contributed by atoms with Crippen LogP contribution in [0.3, 0.4) is 0 Å². The number of sulfone groups is 1. The normalized spacial score (nSPS) is 14.4. The monoisotopic (exact) mass is 414 g/mol. The van der Waals surface area contributed by atoms with Gasteiger partial charge in [0, 0.05) is 31.3 Å². The van der Waals surface area contributed by atoms with Gasteiger partial charge in [-0.25, -0.2) is 8.42 Å². The van der Waals surface area contributed by atoms with Gasteiger partial charge in [-0.2, -0.15) is 0 Å². The molecule has 2 amide bonds. The van der Waals surface area contributed by atoms with Crippen molar-refractivity contribution < 1.29 is 18.0 Å². The molecule has 2 aromatic rings. The van der Waals surface area contributed by atoms with E-state index in [1.165, 1.54) is 13.0 Å². The van der Waals surface area contributed by atoms with E-state index in [2.05, 4.69) is 5.32 Å². The molecule has 1 heterocycles. The van der Waals surface area contributed by atoms with E-state index in [0.29, 0.717) is 18.7 Å². The SMILES string of the molecule is CC(=O)N1CCc2cc(S(=O)(=O)C(C)CC(=O)Nc3ccc(C)cc3C)ccc21. The Kier molecular flexibility index (Phi) is 5.80. The lowest BCUT2D eigenvalue weighted by atomic mass is 10.1. The number of aryl methyl sites for hydroxylation is 2. The first-order valence-electron chi connectivity index (χ1n) is 9.61. The Labute approximate surface area is 171 Å². The lowest BCUT2D eigenvalue weighted by Crippen LogP contribution is -2.26. The average Bonchev–Trinajstić information content (AvgIpc) is 3.07. The first kappa shape index (κ1) is 21.0. The van der Waals surface area contributed by atoms with E-state index in [9.17, 15) is 18.0 Å². The molecule has 1 N–H and O–H groups in total. The van der Waals surface area contributed by atoms with Gasteiger partial charge in [0.05, 0.1) is 10.1 Å². The maximum atomic E-state index is 13.0. The number of amides is 2. The quantitative estimate of drug-likeness (QED) is 0.813. The Morgan fingerprint density at radius 2 is 1.86 bits per heavy atom. The molecule has 6 nitrogen and oxygen atoms in total. The number of hydrogen-bond acceptors (Lipinski definition) is 4. The van der Waals surface area contributed by atoms with Gasteiger partial charge in [-0.3, -0.25) is 9.59 Å². The second kappa shape index (κ2) is 7.99. The molecule has 0 bridgehead atoms. The predicted octanol–water partition coefficient (Wildman–Crippen LogP) is 3.40. The van der Waals surface area contributed by atoms with Crippen LogP contribution in [0.4, 0.5) is 11.4 Å². The third-order valence-corrected chi connectivity index (χ3v) is 7.45. The Bertz CT molecular complexity index is 1080. The summed E-state index contributed by atoms with van der Waals surface area (Å²) in [6, 6.07) is 10.5. The Hall–Kier alpha value is -2.67. The zero-order valence-electron chi connectivity index (χ0n) is 17.2. The van der Waals surface area contributed by atoms with Crippen LogP contribution in [-0.4, -0.2) is 32.0 Å². The number of nitrogens with one attached hydrogen (secondary N) is 1. The molecule has 3 rings (SSSR count). The highest BCUT2D eigenvalue weighted by molar-refractivity contribution is 7.92. The Morgan fingerprint density at radius 1 is 1.14 bits per heavy atom. The smallest absolute Gasteiger partial charge is 0.225 e. The fourth-order valence-corrected chi connectivity index (χ4v) is 5.04. The molecular formula is C22H26N2O4S. The highest BCUT2D eigenvalue weighted by atomic mass is 32.2. The van der Waals surface area contributed by atoms with Gasteiger partial charge >= 0.3 is 0 Å². The maximum absolute atomic E-state index is 13.0. The standard InChI is InChI=1S/C22H26N2O4S/c1-14-5-7-20(15(2)11-14)23-22(26)12-16(3)29(27,28)19-6-8-21-18(13-19)9-10-24(21)17(4)25/h5-8,11,13,16H,9-10,12H2,1-4H3,(H,23,26). The molecule has 7 heteroatoms. The summed E-state index contributed by atoms with van der Waals surface area (Å²) < 4.78 is 26.0. The summed E-state index contributed by atoms with van der Waals surface area (Å²) in [5, 5.41) is 1.94. The molecule has 2 aromatic carbocycles. The summed E-state index contributed by atoms with van der Waals surface area (Å²) in [6.45, 7) is 7.47. The highest BCUT2D eigenvalue weighted by Crippen LogP contribution is 2.31. The van der Waals surface area contributed by atoms with Crippen molar-refractivity contribution in [1.29, 1.82) is 0 Å². The topological polar surface area (TPSA) is 83.6 Å². The van der Waals surface area contributed by atoms with Crippen LogP contribution in [-0.2, 0) is 25.8 Å². The molecule has 0 saturated heterocycles. The van der Waals surface area contributed by atoms with Crippen molar-refractivity contribution in [2.24, 2.45) is 0 Å². The highest BCUT2D eigenvalue weighted by Gasteiger charge is 2.29. The predicted molar refractivity (Wildman–Crippen MR) is 114 cm³/mol. The number of carbonyl (C=O) groups is 2. The number of anilines is 2. The summed E-state index contributed by atoms with van der Waals surface area (Å²) in [5.41, 5.74) is 4.32. The van der Waals surface area contributed by atoms with Crippen molar-refractivity contribution in [2.45, 2.75) is 50.7 Å². The van der Waals surface area contributed by atoms with E-state index in [0.717, 1.165) is 22.4 Å². The van der Waals surface area contributed by atoms with Crippen molar-refractivity contribution in [3.63, 3.8) is 0 Å². The zero-order valence-corrected chi connectivity index (χ0v) is 18.0. The van der Waals surface area contributed by atoms with E-state index in [4.69, 9.17) is 0 Å². The van der Waals surface area contributed by atoms with Crippen molar-refractivity contribution in [3.8, 4) is 0 Å². The summed E-state index contributed by atoms with van der Waals surface area (Å²) in [7, 11) is -3.67. The van der Waals surface area contributed by atoms with E-state index in [-0.39, 0.29) is 23.1 Å². The van der Waals surface area contributed by atoms with Crippen molar-refractivity contribution in [1.82, 2.24) is 0 Å². The molecule has 0 fully saturated rings. The van der Waals surface area contributed by atoms with Gasteiger partial charge in [0.25, 0.3) is 0 Å². The van der Waals surface area contributed by atoms with Crippen molar-refractivity contribution >= 4 is 33.0 Å². The minimum atomic E-state index is -3.67. The van der Waals surface area contributed by atoms with Gasteiger partial charge in [-0.05, 0) is 62.6 Å². The molecule has 154 valence electrons. The number of benzene rings is 2. The van der Waals surface area contributed by atoms with Crippen LogP contribution < -0.4 is 10.2 Å². The van der Waals surface area contributed by atoms with E-state index >= 15 is 0 Å². The summed E-state index contributed by atoms with van der Waals surface area (Å²) in [5.74, 6) is -0.396. The first-order valence-corrected chi connectivity index (χ1v) is 11.2. The minimum Gasteiger partial charge on any atom is -0.326 e.